The Labute approximate surface area is 183 Å². The fourth-order valence-electron chi connectivity index (χ4n) is 5.72. The number of fused-ring (bicyclic) bond motifs is 4. The largest absolute Gasteiger partial charge is 0.296 e. The Balaban J connectivity index is 0.00000240. The zero-order valence-electron chi connectivity index (χ0n) is 18.0. The summed E-state index contributed by atoms with van der Waals surface area (Å²) in [5.74, 6) is 0.836. The first-order valence-electron chi connectivity index (χ1n) is 11.3. The number of aryl methyl sites for hydroxylation is 1. The summed E-state index contributed by atoms with van der Waals surface area (Å²) in [5.41, 5.74) is 4.25. The lowest BCUT2D eigenvalue weighted by Crippen LogP contribution is -2.57. The Hall–Kier alpha value is -0.620. The standard InChI is InChI=1S/C23H36N2O2S.ClH/c1-3-4-5-6-14-28(26,27)25-12-7-8-20-17-24-13-11-19-15-18(2)9-10-21(19)23(24)16-22(20)25;/h9-10,15,20,22-23H,3-8,11-14,16-17H2,1-2H3;1H/t20-,22+,23-;/m1./s1. The van der Waals surface area contributed by atoms with E-state index >= 15 is 0 Å². The van der Waals surface area contributed by atoms with E-state index in [1.165, 1.54) is 23.1 Å². The molecule has 3 atom stereocenters. The Morgan fingerprint density at radius 2 is 1.97 bits per heavy atom. The Bertz CT molecular complexity index is 798. The van der Waals surface area contributed by atoms with Crippen LogP contribution in [0.1, 0.15) is 74.6 Å². The van der Waals surface area contributed by atoms with Crippen LogP contribution in [0, 0.1) is 12.8 Å². The summed E-state index contributed by atoms with van der Waals surface area (Å²) in [6.45, 7) is 7.24. The van der Waals surface area contributed by atoms with Gasteiger partial charge >= 0.3 is 0 Å². The van der Waals surface area contributed by atoms with Gasteiger partial charge in [-0.05, 0) is 56.1 Å². The van der Waals surface area contributed by atoms with E-state index in [1.807, 2.05) is 4.31 Å². The lowest BCUT2D eigenvalue weighted by atomic mass is 9.77. The van der Waals surface area contributed by atoms with Crippen LogP contribution in [0.3, 0.4) is 0 Å². The molecule has 0 bridgehead atoms. The zero-order chi connectivity index (χ0) is 19.7. The van der Waals surface area contributed by atoms with Crippen LogP contribution in [0.5, 0.6) is 0 Å². The van der Waals surface area contributed by atoms with E-state index in [1.54, 1.807) is 0 Å². The van der Waals surface area contributed by atoms with E-state index in [4.69, 9.17) is 0 Å². The second-order valence-electron chi connectivity index (χ2n) is 9.16. The van der Waals surface area contributed by atoms with E-state index in [9.17, 15) is 8.42 Å². The first-order valence-corrected chi connectivity index (χ1v) is 12.9. The second-order valence-corrected chi connectivity index (χ2v) is 11.2. The molecule has 0 amide bonds. The molecule has 0 aromatic heterocycles. The molecule has 0 spiro atoms. The molecule has 1 aromatic rings. The molecular weight excluding hydrogens is 404 g/mol. The SMILES string of the molecule is CCCCCCS(=O)(=O)N1CCC[C@@H]2CN3CCc4cc(C)ccc4[C@H]3C[C@@H]21.Cl. The maximum atomic E-state index is 13.2. The lowest BCUT2D eigenvalue weighted by Gasteiger charge is -2.51. The van der Waals surface area contributed by atoms with Crippen LogP contribution in [0.25, 0.3) is 0 Å². The van der Waals surface area contributed by atoms with E-state index in [0.29, 0.717) is 17.7 Å². The van der Waals surface area contributed by atoms with Crippen molar-refractivity contribution in [3.63, 3.8) is 0 Å². The van der Waals surface area contributed by atoms with Crippen LogP contribution >= 0.6 is 12.4 Å². The first kappa shape index (κ1) is 23.1. The van der Waals surface area contributed by atoms with Gasteiger partial charge in [-0.15, -0.1) is 12.4 Å². The smallest absolute Gasteiger partial charge is 0.214 e. The zero-order valence-corrected chi connectivity index (χ0v) is 19.6. The average molecular weight is 441 g/mol. The molecule has 164 valence electrons. The highest BCUT2D eigenvalue weighted by molar-refractivity contribution is 7.89. The summed E-state index contributed by atoms with van der Waals surface area (Å²) in [5, 5.41) is 0. The molecular formula is C23H37ClN2O2S. The summed E-state index contributed by atoms with van der Waals surface area (Å²) in [7, 11) is -3.14. The molecule has 0 unspecified atom stereocenters. The highest BCUT2D eigenvalue weighted by Gasteiger charge is 2.45. The molecule has 3 heterocycles. The third-order valence-corrected chi connectivity index (χ3v) is 9.15. The van der Waals surface area contributed by atoms with Gasteiger partial charge < -0.3 is 0 Å². The summed E-state index contributed by atoms with van der Waals surface area (Å²) in [4.78, 5) is 2.64. The van der Waals surface area contributed by atoms with Gasteiger partial charge in [0.1, 0.15) is 0 Å². The van der Waals surface area contributed by atoms with Crippen molar-refractivity contribution in [2.75, 3.05) is 25.4 Å². The van der Waals surface area contributed by atoms with Crippen molar-refractivity contribution in [2.45, 2.75) is 77.3 Å². The van der Waals surface area contributed by atoms with Crippen molar-refractivity contribution in [1.29, 1.82) is 0 Å². The molecule has 3 aliphatic rings. The van der Waals surface area contributed by atoms with Crippen LogP contribution < -0.4 is 0 Å². The number of piperidine rings is 2. The van der Waals surface area contributed by atoms with Crippen LogP contribution in [-0.2, 0) is 16.4 Å². The lowest BCUT2D eigenvalue weighted by molar-refractivity contribution is 0.0220. The molecule has 1 aromatic carbocycles. The van der Waals surface area contributed by atoms with Gasteiger partial charge in [-0.3, -0.25) is 4.90 Å². The van der Waals surface area contributed by atoms with Crippen LogP contribution in [0.15, 0.2) is 18.2 Å². The fraction of sp³-hybridized carbons (Fsp3) is 0.739. The summed E-state index contributed by atoms with van der Waals surface area (Å²) in [6, 6.07) is 7.44. The minimum atomic E-state index is -3.14. The first-order chi connectivity index (χ1) is 13.5. The average Bonchev–Trinajstić information content (AvgIpc) is 2.69. The molecule has 0 radical (unpaired) electrons. The number of hydrogen-bond donors (Lipinski definition) is 0. The van der Waals surface area contributed by atoms with Crippen molar-refractivity contribution in [1.82, 2.24) is 9.21 Å². The molecule has 6 heteroatoms. The van der Waals surface area contributed by atoms with Crippen molar-refractivity contribution in [3.8, 4) is 0 Å². The maximum Gasteiger partial charge on any atom is 0.214 e. The normalized spacial score (nSPS) is 27.4. The number of nitrogens with zero attached hydrogens (tertiary/aromatic N) is 2. The monoisotopic (exact) mass is 440 g/mol. The highest BCUT2D eigenvalue weighted by Crippen LogP contribution is 2.43. The Morgan fingerprint density at radius 3 is 2.76 bits per heavy atom. The molecule has 2 saturated heterocycles. The van der Waals surface area contributed by atoms with E-state index < -0.39 is 10.0 Å². The third kappa shape index (κ3) is 4.84. The van der Waals surface area contributed by atoms with Crippen LogP contribution in [-0.4, -0.2) is 49.1 Å². The molecule has 4 nitrogen and oxygen atoms in total. The molecule has 4 rings (SSSR count). The van der Waals surface area contributed by atoms with Crippen molar-refractivity contribution in [3.05, 3.63) is 34.9 Å². The van der Waals surface area contributed by atoms with Gasteiger partial charge in [0.15, 0.2) is 0 Å². The van der Waals surface area contributed by atoms with E-state index in [2.05, 4.69) is 36.9 Å². The van der Waals surface area contributed by atoms with E-state index in [0.717, 1.165) is 64.6 Å². The van der Waals surface area contributed by atoms with Crippen LogP contribution in [0.4, 0.5) is 0 Å². The Morgan fingerprint density at radius 1 is 1.14 bits per heavy atom. The highest BCUT2D eigenvalue weighted by atomic mass is 35.5. The van der Waals surface area contributed by atoms with Gasteiger partial charge in [0.2, 0.25) is 10.0 Å². The van der Waals surface area contributed by atoms with E-state index in [-0.39, 0.29) is 18.4 Å². The molecule has 0 N–H and O–H groups in total. The molecule has 29 heavy (non-hydrogen) atoms. The number of halogens is 1. The molecule has 0 aliphatic carbocycles. The minimum absolute atomic E-state index is 0. The predicted molar refractivity (Wildman–Crippen MR) is 122 cm³/mol. The van der Waals surface area contributed by atoms with Gasteiger partial charge in [-0.25, -0.2) is 8.42 Å². The fourth-order valence-corrected chi connectivity index (χ4v) is 7.60. The predicted octanol–water partition coefficient (Wildman–Crippen LogP) is 4.71. The third-order valence-electron chi connectivity index (χ3n) is 7.18. The molecule has 3 aliphatic heterocycles. The van der Waals surface area contributed by atoms with Crippen molar-refractivity contribution in [2.24, 2.45) is 5.92 Å². The summed E-state index contributed by atoms with van der Waals surface area (Å²) >= 11 is 0. The molecule has 2 fully saturated rings. The number of rotatable bonds is 6. The number of benzene rings is 1. The minimum Gasteiger partial charge on any atom is -0.296 e. The van der Waals surface area contributed by atoms with Gasteiger partial charge in [-0.1, -0.05) is 49.9 Å². The van der Waals surface area contributed by atoms with Crippen molar-refractivity contribution < 1.29 is 8.42 Å². The van der Waals surface area contributed by atoms with Crippen LogP contribution in [0.2, 0.25) is 0 Å². The summed E-state index contributed by atoms with van der Waals surface area (Å²) < 4.78 is 28.3. The summed E-state index contributed by atoms with van der Waals surface area (Å²) in [6.07, 6.45) is 8.40. The Kier molecular flexibility index (Phi) is 7.69. The number of unbranched alkanes of at least 4 members (excludes halogenated alkanes) is 3. The quantitative estimate of drug-likeness (QED) is 0.601. The van der Waals surface area contributed by atoms with Gasteiger partial charge in [0.25, 0.3) is 0 Å². The van der Waals surface area contributed by atoms with Gasteiger partial charge in [0.05, 0.1) is 5.75 Å². The topological polar surface area (TPSA) is 40.6 Å². The molecule has 0 saturated carbocycles. The number of sulfonamides is 1. The van der Waals surface area contributed by atoms with Gasteiger partial charge in [0, 0.05) is 31.7 Å². The maximum absolute atomic E-state index is 13.2. The van der Waals surface area contributed by atoms with Crippen molar-refractivity contribution >= 4 is 22.4 Å². The number of hydrogen-bond acceptors (Lipinski definition) is 3. The second kappa shape index (κ2) is 9.67. The van der Waals surface area contributed by atoms with Gasteiger partial charge in [-0.2, -0.15) is 4.31 Å².